The molecule has 0 amide bonds. The van der Waals surface area contributed by atoms with Crippen molar-refractivity contribution in [3.8, 4) is 0 Å². The molecule has 0 fully saturated rings. The van der Waals surface area contributed by atoms with Gasteiger partial charge in [0.2, 0.25) is 0 Å². The number of thiophene rings is 1. The number of nitrogens with zero attached hydrogens (tertiary/aromatic N) is 3. The predicted molar refractivity (Wildman–Crippen MR) is 62.0 cm³/mol. The minimum absolute atomic E-state index is 0.459. The molecule has 1 unspecified atom stereocenters. The van der Waals surface area contributed by atoms with E-state index in [2.05, 4.69) is 15.4 Å². The molecule has 0 saturated carbocycles. The molecule has 0 spiro atoms. The van der Waals surface area contributed by atoms with Gasteiger partial charge in [0.1, 0.15) is 12.2 Å². The molecule has 0 aliphatic heterocycles. The third kappa shape index (κ3) is 2.66. The van der Waals surface area contributed by atoms with Crippen molar-refractivity contribution in [1.82, 2.24) is 20.1 Å². The summed E-state index contributed by atoms with van der Waals surface area (Å²) >= 11 is 1.59. The maximum Gasteiger partial charge on any atom is 0.140 e. The summed E-state index contributed by atoms with van der Waals surface area (Å²) in [6.07, 6.45) is 1.06. The Morgan fingerprint density at radius 1 is 1.62 bits per heavy atom. The lowest BCUT2D eigenvalue weighted by Gasteiger charge is -2.09. The molecule has 2 rings (SSSR count). The SMILES string of the molecule is Cn1ncnc1CNCC(O)c1ccsc1. The maximum absolute atomic E-state index is 9.81. The highest BCUT2D eigenvalue weighted by atomic mass is 32.1. The molecule has 0 bridgehead atoms. The number of hydrogen-bond acceptors (Lipinski definition) is 5. The van der Waals surface area contributed by atoms with E-state index in [1.165, 1.54) is 6.33 Å². The minimum atomic E-state index is -0.459. The Morgan fingerprint density at radius 3 is 3.12 bits per heavy atom. The average Bonchev–Trinajstić information content (AvgIpc) is 2.90. The van der Waals surface area contributed by atoms with Crippen molar-refractivity contribution >= 4 is 11.3 Å². The summed E-state index contributed by atoms with van der Waals surface area (Å²) in [6.45, 7) is 1.13. The first kappa shape index (κ1) is 11.3. The molecule has 2 N–H and O–H groups in total. The Kier molecular flexibility index (Phi) is 3.66. The average molecular weight is 238 g/mol. The summed E-state index contributed by atoms with van der Waals surface area (Å²) in [5, 5.41) is 20.8. The fraction of sp³-hybridized carbons (Fsp3) is 0.400. The van der Waals surface area contributed by atoms with Gasteiger partial charge in [0, 0.05) is 13.6 Å². The van der Waals surface area contributed by atoms with Crippen molar-refractivity contribution in [1.29, 1.82) is 0 Å². The largest absolute Gasteiger partial charge is 0.387 e. The van der Waals surface area contributed by atoms with Crippen molar-refractivity contribution in [3.63, 3.8) is 0 Å². The molecule has 0 radical (unpaired) electrons. The minimum Gasteiger partial charge on any atom is -0.387 e. The number of rotatable bonds is 5. The first-order chi connectivity index (χ1) is 7.77. The summed E-state index contributed by atoms with van der Waals surface area (Å²) in [4.78, 5) is 4.09. The van der Waals surface area contributed by atoms with Crippen molar-refractivity contribution in [2.75, 3.05) is 6.54 Å². The van der Waals surface area contributed by atoms with Crippen LogP contribution in [-0.4, -0.2) is 26.4 Å². The molecule has 2 aromatic heterocycles. The van der Waals surface area contributed by atoms with E-state index < -0.39 is 6.10 Å². The van der Waals surface area contributed by atoms with Crippen molar-refractivity contribution in [2.45, 2.75) is 12.6 Å². The lowest BCUT2D eigenvalue weighted by atomic mass is 10.2. The van der Waals surface area contributed by atoms with Gasteiger partial charge in [-0.2, -0.15) is 16.4 Å². The van der Waals surface area contributed by atoms with Gasteiger partial charge in [-0.1, -0.05) is 0 Å². The third-order valence-corrected chi connectivity index (χ3v) is 3.06. The van der Waals surface area contributed by atoms with Crippen molar-refractivity contribution in [3.05, 3.63) is 34.5 Å². The second-order valence-electron chi connectivity index (χ2n) is 3.50. The van der Waals surface area contributed by atoms with E-state index in [9.17, 15) is 5.11 Å². The number of aryl methyl sites for hydroxylation is 1. The monoisotopic (exact) mass is 238 g/mol. The number of aliphatic hydroxyl groups is 1. The lowest BCUT2D eigenvalue weighted by molar-refractivity contribution is 0.174. The quantitative estimate of drug-likeness (QED) is 0.805. The van der Waals surface area contributed by atoms with E-state index in [1.807, 2.05) is 23.9 Å². The van der Waals surface area contributed by atoms with Crippen LogP contribution in [0.4, 0.5) is 0 Å². The van der Waals surface area contributed by atoms with E-state index in [1.54, 1.807) is 16.0 Å². The van der Waals surface area contributed by atoms with Crippen LogP contribution in [0.15, 0.2) is 23.2 Å². The number of aromatic nitrogens is 3. The van der Waals surface area contributed by atoms with E-state index in [-0.39, 0.29) is 0 Å². The lowest BCUT2D eigenvalue weighted by Crippen LogP contribution is -2.22. The van der Waals surface area contributed by atoms with Gasteiger partial charge in [-0.15, -0.1) is 0 Å². The topological polar surface area (TPSA) is 63.0 Å². The Morgan fingerprint density at radius 2 is 2.50 bits per heavy atom. The standard InChI is InChI=1S/C10H14N4OS/c1-14-10(12-7-13-14)5-11-4-9(15)8-2-3-16-6-8/h2-3,6-7,9,11,15H,4-5H2,1H3. The molecule has 2 heterocycles. The fourth-order valence-corrected chi connectivity index (χ4v) is 2.09. The van der Waals surface area contributed by atoms with Crippen molar-refractivity contribution in [2.24, 2.45) is 7.05 Å². The molecule has 86 valence electrons. The van der Waals surface area contributed by atoms with Crippen LogP contribution < -0.4 is 5.32 Å². The normalized spacial score (nSPS) is 12.9. The molecule has 0 aromatic carbocycles. The summed E-state index contributed by atoms with van der Waals surface area (Å²) in [5.74, 6) is 0.859. The summed E-state index contributed by atoms with van der Waals surface area (Å²) < 4.78 is 1.71. The molecule has 2 aromatic rings. The van der Waals surface area contributed by atoms with Crippen LogP contribution in [0.3, 0.4) is 0 Å². The Balaban J connectivity index is 1.78. The number of hydrogen-bond donors (Lipinski definition) is 2. The van der Waals surface area contributed by atoms with Crippen molar-refractivity contribution < 1.29 is 5.11 Å². The van der Waals surface area contributed by atoms with Crippen LogP contribution in [0, 0.1) is 0 Å². The van der Waals surface area contributed by atoms with Crippen LogP contribution in [-0.2, 0) is 13.6 Å². The van der Waals surface area contributed by atoms with Crippen LogP contribution >= 0.6 is 11.3 Å². The van der Waals surface area contributed by atoms with E-state index >= 15 is 0 Å². The molecule has 16 heavy (non-hydrogen) atoms. The van der Waals surface area contributed by atoms with Crippen LogP contribution in [0.25, 0.3) is 0 Å². The van der Waals surface area contributed by atoms with E-state index in [0.29, 0.717) is 13.1 Å². The zero-order valence-corrected chi connectivity index (χ0v) is 9.81. The first-order valence-corrected chi connectivity index (χ1v) is 5.95. The van der Waals surface area contributed by atoms with Crippen LogP contribution in [0.5, 0.6) is 0 Å². The summed E-state index contributed by atoms with van der Waals surface area (Å²) in [7, 11) is 1.85. The second kappa shape index (κ2) is 5.20. The molecule has 0 saturated heterocycles. The summed E-state index contributed by atoms with van der Waals surface area (Å²) in [6, 6.07) is 1.93. The predicted octanol–water partition coefficient (Wildman–Crippen LogP) is 0.700. The van der Waals surface area contributed by atoms with Crippen LogP contribution in [0.1, 0.15) is 17.5 Å². The molecule has 0 aliphatic carbocycles. The van der Waals surface area contributed by atoms with Crippen LogP contribution in [0.2, 0.25) is 0 Å². The zero-order chi connectivity index (χ0) is 11.4. The van der Waals surface area contributed by atoms with Gasteiger partial charge in [0.15, 0.2) is 0 Å². The fourth-order valence-electron chi connectivity index (χ4n) is 1.38. The molecule has 1 atom stereocenters. The Labute approximate surface area is 97.8 Å². The first-order valence-electron chi connectivity index (χ1n) is 5.01. The van der Waals surface area contributed by atoms with E-state index in [0.717, 1.165) is 11.4 Å². The Hall–Kier alpha value is -1.24. The van der Waals surface area contributed by atoms with Gasteiger partial charge < -0.3 is 10.4 Å². The zero-order valence-electron chi connectivity index (χ0n) is 9.00. The molecular weight excluding hydrogens is 224 g/mol. The van der Waals surface area contributed by atoms with Gasteiger partial charge in [-0.25, -0.2) is 4.98 Å². The number of aliphatic hydroxyl groups excluding tert-OH is 1. The summed E-state index contributed by atoms with van der Waals surface area (Å²) in [5.41, 5.74) is 0.954. The molecular formula is C10H14N4OS. The Bertz CT molecular complexity index is 426. The van der Waals surface area contributed by atoms with Gasteiger partial charge in [0.05, 0.1) is 12.6 Å². The smallest absolute Gasteiger partial charge is 0.140 e. The highest BCUT2D eigenvalue weighted by Gasteiger charge is 2.07. The van der Waals surface area contributed by atoms with Gasteiger partial charge in [0.25, 0.3) is 0 Å². The van der Waals surface area contributed by atoms with Gasteiger partial charge in [-0.05, 0) is 22.4 Å². The second-order valence-corrected chi connectivity index (χ2v) is 4.28. The molecule has 5 nitrogen and oxygen atoms in total. The highest BCUT2D eigenvalue weighted by Crippen LogP contribution is 2.14. The highest BCUT2D eigenvalue weighted by molar-refractivity contribution is 7.07. The maximum atomic E-state index is 9.81. The van der Waals surface area contributed by atoms with Gasteiger partial charge in [-0.3, -0.25) is 4.68 Å². The van der Waals surface area contributed by atoms with E-state index in [4.69, 9.17) is 0 Å². The molecule has 0 aliphatic rings. The third-order valence-electron chi connectivity index (χ3n) is 2.35. The number of nitrogens with one attached hydrogen (secondary N) is 1. The van der Waals surface area contributed by atoms with Gasteiger partial charge >= 0.3 is 0 Å². The molecule has 6 heteroatoms.